The summed E-state index contributed by atoms with van der Waals surface area (Å²) in [6.45, 7) is 3.82. The Hall–Kier alpha value is -2.07. The van der Waals surface area contributed by atoms with E-state index in [-0.39, 0.29) is 5.82 Å². The zero-order valence-corrected chi connectivity index (χ0v) is 12.4. The van der Waals surface area contributed by atoms with Crippen LogP contribution in [-0.4, -0.2) is 12.2 Å². The minimum atomic E-state index is -0.639. The van der Waals surface area contributed by atoms with Gasteiger partial charge in [-0.25, -0.2) is 4.39 Å². The normalized spacial score (nSPS) is 12.0. The van der Waals surface area contributed by atoms with E-state index in [9.17, 15) is 9.50 Å². The number of ether oxygens (including phenoxy) is 2. The third kappa shape index (κ3) is 3.73. The number of hydrogen-bond acceptors (Lipinski definition) is 3. The molecule has 0 aliphatic carbocycles. The molecule has 1 atom stereocenters. The second kappa shape index (κ2) is 6.59. The second-order valence-electron chi connectivity index (χ2n) is 4.94. The van der Waals surface area contributed by atoms with E-state index in [1.165, 1.54) is 12.1 Å². The van der Waals surface area contributed by atoms with Crippen LogP contribution in [0.25, 0.3) is 0 Å². The lowest BCUT2D eigenvalue weighted by molar-refractivity contribution is 0.190. The van der Waals surface area contributed by atoms with Gasteiger partial charge in [-0.3, -0.25) is 0 Å². The predicted molar refractivity (Wildman–Crippen MR) is 79.1 cm³/mol. The third-order valence-corrected chi connectivity index (χ3v) is 3.36. The summed E-state index contributed by atoms with van der Waals surface area (Å²) < 4.78 is 24.0. The van der Waals surface area contributed by atoms with Crippen molar-refractivity contribution in [1.29, 1.82) is 0 Å². The Morgan fingerprint density at radius 1 is 1.19 bits per heavy atom. The van der Waals surface area contributed by atoms with Crippen LogP contribution in [0, 0.1) is 12.7 Å². The molecule has 0 spiro atoms. The van der Waals surface area contributed by atoms with E-state index < -0.39 is 6.10 Å². The Morgan fingerprint density at radius 2 is 1.95 bits per heavy atom. The summed E-state index contributed by atoms with van der Waals surface area (Å²) in [6, 6.07) is 9.87. The van der Waals surface area contributed by atoms with Crippen molar-refractivity contribution in [2.45, 2.75) is 26.6 Å². The van der Waals surface area contributed by atoms with Crippen LogP contribution in [0.4, 0.5) is 4.39 Å². The number of halogens is 1. The van der Waals surface area contributed by atoms with Crippen LogP contribution in [0.3, 0.4) is 0 Å². The number of aryl methyl sites for hydroxylation is 1. The summed E-state index contributed by atoms with van der Waals surface area (Å²) in [5.41, 5.74) is 2.42. The molecule has 0 amide bonds. The predicted octanol–water partition coefficient (Wildman–Crippen LogP) is 3.78. The standard InChI is InChI=1S/C17H19FO3/c1-11-8-14(18)5-4-13(11)10-21-17-9-15(20-3)6-7-16(17)12(2)19/h4-9,12,19H,10H2,1-3H3/t12-/m1/s1. The van der Waals surface area contributed by atoms with Gasteiger partial charge in [0.1, 0.15) is 23.9 Å². The zero-order chi connectivity index (χ0) is 15.4. The lowest BCUT2D eigenvalue weighted by Gasteiger charge is -2.15. The first-order valence-electron chi connectivity index (χ1n) is 6.75. The lowest BCUT2D eigenvalue weighted by atomic mass is 10.1. The average molecular weight is 290 g/mol. The molecule has 0 saturated heterocycles. The van der Waals surface area contributed by atoms with Crippen molar-refractivity contribution in [2.75, 3.05) is 7.11 Å². The molecule has 4 heteroatoms. The summed E-state index contributed by atoms with van der Waals surface area (Å²) in [6.07, 6.45) is -0.639. The Bertz CT molecular complexity index is 623. The number of methoxy groups -OCH3 is 1. The van der Waals surface area contributed by atoms with Crippen LogP contribution in [0.2, 0.25) is 0 Å². The quantitative estimate of drug-likeness (QED) is 0.911. The SMILES string of the molecule is COc1ccc([C@@H](C)O)c(OCc2ccc(F)cc2C)c1. The molecule has 2 rings (SSSR count). The largest absolute Gasteiger partial charge is 0.497 e. The van der Waals surface area contributed by atoms with Crippen LogP contribution in [0.5, 0.6) is 11.5 Å². The number of rotatable bonds is 5. The van der Waals surface area contributed by atoms with Crippen molar-refractivity contribution in [2.24, 2.45) is 0 Å². The molecule has 0 aliphatic heterocycles. The van der Waals surface area contributed by atoms with Crippen molar-refractivity contribution >= 4 is 0 Å². The van der Waals surface area contributed by atoms with Gasteiger partial charge in [-0.2, -0.15) is 0 Å². The molecule has 112 valence electrons. The maximum atomic E-state index is 13.1. The molecule has 0 aliphatic rings. The molecule has 0 heterocycles. The molecule has 2 aromatic carbocycles. The Morgan fingerprint density at radius 3 is 2.57 bits per heavy atom. The van der Waals surface area contributed by atoms with Gasteiger partial charge in [0.15, 0.2) is 0 Å². The van der Waals surface area contributed by atoms with E-state index in [0.29, 0.717) is 23.7 Å². The van der Waals surface area contributed by atoms with E-state index in [1.807, 2.05) is 6.92 Å². The summed E-state index contributed by atoms with van der Waals surface area (Å²) in [7, 11) is 1.57. The fourth-order valence-corrected chi connectivity index (χ4v) is 2.09. The monoisotopic (exact) mass is 290 g/mol. The molecular formula is C17H19FO3. The van der Waals surface area contributed by atoms with Crippen molar-refractivity contribution in [3.05, 3.63) is 58.9 Å². The number of aliphatic hydroxyl groups is 1. The smallest absolute Gasteiger partial charge is 0.129 e. The Labute approximate surface area is 124 Å². The average Bonchev–Trinajstić information content (AvgIpc) is 2.45. The van der Waals surface area contributed by atoms with E-state index in [2.05, 4.69) is 0 Å². The van der Waals surface area contributed by atoms with Gasteiger partial charge < -0.3 is 14.6 Å². The Balaban J connectivity index is 2.22. The summed E-state index contributed by atoms with van der Waals surface area (Å²) in [5, 5.41) is 9.79. The molecule has 1 N–H and O–H groups in total. The molecule has 0 aromatic heterocycles. The first-order chi connectivity index (χ1) is 10.0. The van der Waals surface area contributed by atoms with E-state index in [4.69, 9.17) is 9.47 Å². The van der Waals surface area contributed by atoms with Crippen LogP contribution in [-0.2, 0) is 6.61 Å². The van der Waals surface area contributed by atoms with Crippen LogP contribution < -0.4 is 9.47 Å². The van der Waals surface area contributed by atoms with Gasteiger partial charge in [0.25, 0.3) is 0 Å². The van der Waals surface area contributed by atoms with Gasteiger partial charge in [-0.05, 0) is 49.2 Å². The highest BCUT2D eigenvalue weighted by molar-refractivity contribution is 5.42. The highest BCUT2D eigenvalue weighted by Gasteiger charge is 2.11. The van der Waals surface area contributed by atoms with Gasteiger partial charge in [0.05, 0.1) is 13.2 Å². The van der Waals surface area contributed by atoms with Crippen LogP contribution in [0.1, 0.15) is 29.7 Å². The second-order valence-corrected chi connectivity index (χ2v) is 4.94. The van der Waals surface area contributed by atoms with Crippen LogP contribution in [0.15, 0.2) is 36.4 Å². The topological polar surface area (TPSA) is 38.7 Å². The molecule has 2 aromatic rings. The van der Waals surface area contributed by atoms with Crippen molar-refractivity contribution in [3.63, 3.8) is 0 Å². The molecular weight excluding hydrogens is 271 g/mol. The third-order valence-electron chi connectivity index (χ3n) is 3.36. The first kappa shape index (κ1) is 15.3. The number of benzene rings is 2. The maximum Gasteiger partial charge on any atom is 0.129 e. The highest BCUT2D eigenvalue weighted by Crippen LogP contribution is 2.30. The van der Waals surface area contributed by atoms with Gasteiger partial charge in [0.2, 0.25) is 0 Å². The van der Waals surface area contributed by atoms with E-state index >= 15 is 0 Å². The summed E-state index contributed by atoms with van der Waals surface area (Å²) in [5.74, 6) is 0.959. The molecule has 21 heavy (non-hydrogen) atoms. The zero-order valence-electron chi connectivity index (χ0n) is 12.4. The van der Waals surface area contributed by atoms with E-state index in [1.54, 1.807) is 38.3 Å². The minimum absolute atomic E-state index is 0.262. The fraction of sp³-hybridized carbons (Fsp3) is 0.294. The molecule has 0 fully saturated rings. The van der Waals surface area contributed by atoms with Crippen molar-refractivity contribution < 1.29 is 19.0 Å². The molecule has 3 nitrogen and oxygen atoms in total. The van der Waals surface area contributed by atoms with E-state index in [0.717, 1.165) is 11.1 Å². The van der Waals surface area contributed by atoms with Gasteiger partial charge in [0, 0.05) is 11.6 Å². The number of hydrogen-bond donors (Lipinski definition) is 1. The fourth-order valence-electron chi connectivity index (χ4n) is 2.09. The maximum absolute atomic E-state index is 13.1. The van der Waals surface area contributed by atoms with Gasteiger partial charge in [-0.1, -0.05) is 6.07 Å². The molecule has 0 radical (unpaired) electrons. The lowest BCUT2D eigenvalue weighted by Crippen LogP contribution is -2.03. The molecule has 0 saturated carbocycles. The molecule has 0 bridgehead atoms. The molecule has 0 unspecified atom stereocenters. The van der Waals surface area contributed by atoms with Gasteiger partial charge >= 0.3 is 0 Å². The van der Waals surface area contributed by atoms with Crippen molar-refractivity contribution in [3.8, 4) is 11.5 Å². The minimum Gasteiger partial charge on any atom is -0.497 e. The first-order valence-corrected chi connectivity index (χ1v) is 6.75. The summed E-state index contributed by atoms with van der Waals surface area (Å²) >= 11 is 0. The van der Waals surface area contributed by atoms with Crippen molar-refractivity contribution in [1.82, 2.24) is 0 Å². The van der Waals surface area contributed by atoms with Crippen LogP contribution >= 0.6 is 0 Å². The highest BCUT2D eigenvalue weighted by atomic mass is 19.1. The summed E-state index contributed by atoms with van der Waals surface area (Å²) in [4.78, 5) is 0. The number of aliphatic hydroxyl groups excluding tert-OH is 1. The van der Waals surface area contributed by atoms with Gasteiger partial charge in [-0.15, -0.1) is 0 Å². The Kier molecular flexibility index (Phi) is 4.81.